The number of aryl methyl sites for hydroxylation is 2. The molecule has 2 nitrogen and oxygen atoms in total. The Bertz CT molecular complexity index is 693. The monoisotopic (exact) mass is 290 g/mol. The van der Waals surface area contributed by atoms with E-state index in [1.165, 1.54) is 6.07 Å². The van der Waals surface area contributed by atoms with Crippen molar-refractivity contribution in [3.63, 3.8) is 0 Å². The van der Waals surface area contributed by atoms with Crippen LogP contribution in [0, 0.1) is 32.4 Å². The second-order valence-electron chi connectivity index (χ2n) is 4.99. The number of carbonyl (C=O) groups is 1. The third-order valence-electron chi connectivity index (χ3n) is 3.46. The van der Waals surface area contributed by atoms with Crippen molar-refractivity contribution in [3.05, 3.63) is 64.2 Å². The zero-order chi connectivity index (χ0) is 15.6. The van der Waals surface area contributed by atoms with E-state index >= 15 is 0 Å². The van der Waals surface area contributed by atoms with Crippen molar-refractivity contribution >= 4 is 5.78 Å². The van der Waals surface area contributed by atoms with Gasteiger partial charge in [-0.2, -0.15) is 0 Å². The summed E-state index contributed by atoms with van der Waals surface area (Å²) in [4.78, 5) is 12.0. The molecule has 0 spiro atoms. The number of Topliss-reactive ketones (excluding diaryl/α,β-unsaturated/α-hetero) is 1. The average Bonchev–Trinajstić information content (AvgIpc) is 2.45. The van der Waals surface area contributed by atoms with Gasteiger partial charge in [-0.25, -0.2) is 8.78 Å². The molecule has 0 saturated heterocycles. The molecule has 0 atom stereocenters. The van der Waals surface area contributed by atoms with E-state index < -0.39 is 17.4 Å². The minimum atomic E-state index is -1.04. The molecule has 0 saturated carbocycles. The van der Waals surface area contributed by atoms with Crippen molar-refractivity contribution in [2.24, 2.45) is 0 Å². The molecule has 0 unspecified atom stereocenters. The van der Waals surface area contributed by atoms with Crippen LogP contribution in [-0.2, 0) is 0 Å². The highest BCUT2D eigenvalue weighted by Crippen LogP contribution is 2.25. The van der Waals surface area contributed by atoms with Crippen LogP contribution >= 0.6 is 0 Å². The van der Waals surface area contributed by atoms with Gasteiger partial charge in [0, 0.05) is 5.56 Å². The summed E-state index contributed by atoms with van der Waals surface area (Å²) in [5.74, 6) is -1.75. The summed E-state index contributed by atoms with van der Waals surface area (Å²) in [6.07, 6.45) is 0. The van der Waals surface area contributed by atoms with Crippen LogP contribution in [0.25, 0.3) is 0 Å². The van der Waals surface area contributed by atoms with Crippen molar-refractivity contribution in [3.8, 4) is 5.75 Å². The van der Waals surface area contributed by atoms with Crippen molar-refractivity contribution < 1.29 is 18.3 Å². The maximum Gasteiger partial charge on any atom is 0.200 e. The predicted molar refractivity (Wildman–Crippen MR) is 76.8 cm³/mol. The summed E-state index contributed by atoms with van der Waals surface area (Å²) in [7, 11) is 0. The molecule has 0 aliphatic heterocycles. The first-order chi connectivity index (χ1) is 9.90. The molecular formula is C17H16F2O2. The van der Waals surface area contributed by atoms with E-state index in [2.05, 4.69) is 0 Å². The lowest BCUT2D eigenvalue weighted by Crippen LogP contribution is -2.13. The number of rotatable bonds is 4. The number of hydrogen-bond acceptors (Lipinski definition) is 2. The molecule has 0 heterocycles. The standard InChI is InChI=1S/C17H16F2O2/c1-10-4-5-11(2)17(12(10)3)21-9-16(20)13-6-7-14(18)15(19)8-13/h4-8H,9H2,1-3H3. The first kappa shape index (κ1) is 15.2. The van der Waals surface area contributed by atoms with Crippen LogP contribution in [0.1, 0.15) is 27.0 Å². The summed E-state index contributed by atoms with van der Waals surface area (Å²) < 4.78 is 31.5. The molecule has 4 heteroatoms. The van der Waals surface area contributed by atoms with Gasteiger partial charge in [0.05, 0.1) is 0 Å². The Morgan fingerprint density at radius 1 is 1.00 bits per heavy atom. The number of halogens is 2. The summed E-state index contributed by atoms with van der Waals surface area (Å²) in [5.41, 5.74) is 3.05. The lowest BCUT2D eigenvalue weighted by molar-refractivity contribution is 0.0920. The Balaban J connectivity index is 2.15. The van der Waals surface area contributed by atoms with Crippen molar-refractivity contribution in [1.82, 2.24) is 0 Å². The summed E-state index contributed by atoms with van der Waals surface area (Å²) in [6, 6.07) is 6.97. The predicted octanol–water partition coefficient (Wildman–Crippen LogP) is 4.15. The molecule has 2 aromatic carbocycles. The Kier molecular flexibility index (Phi) is 4.36. The van der Waals surface area contributed by atoms with Gasteiger partial charge in [-0.05, 0) is 55.7 Å². The second kappa shape index (κ2) is 6.04. The highest BCUT2D eigenvalue weighted by atomic mass is 19.2. The van der Waals surface area contributed by atoms with E-state index in [1.54, 1.807) is 0 Å². The van der Waals surface area contributed by atoms with Crippen molar-refractivity contribution in [2.45, 2.75) is 20.8 Å². The van der Waals surface area contributed by atoms with Crippen LogP contribution in [0.3, 0.4) is 0 Å². The Labute approximate surface area is 122 Å². The fourth-order valence-corrected chi connectivity index (χ4v) is 2.04. The van der Waals surface area contributed by atoms with Crippen molar-refractivity contribution in [1.29, 1.82) is 0 Å². The third-order valence-corrected chi connectivity index (χ3v) is 3.46. The lowest BCUT2D eigenvalue weighted by Gasteiger charge is -2.13. The molecular weight excluding hydrogens is 274 g/mol. The van der Waals surface area contributed by atoms with Gasteiger partial charge < -0.3 is 4.74 Å². The van der Waals surface area contributed by atoms with E-state index in [4.69, 9.17) is 4.74 Å². The second-order valence-corrected chi connectivity index (χ2v) is 4.99. The summed E-state index contributed by atoms with van der Waals surface area (Å²) >= 11 is 0. The molecule has 0 aromatic heterocycles. The smallest absolute Gasteiger partial charge is 0.200 e. The molecule has 2 rings (SSSR count). The Morgan fingerprint density at radius 3 is 2.33 bits per heavy atom. The maximum atomic E-state index is 13.1. The van der Waals surface area contributed by atoms with Gasteiger partial charge in [0.15, 0.2) is 24.0 Å². The molecule has 0 N–H and O–H groups in total. The zero-order valence-electron chi connectivity index (χ0n) is 12.2. The quantitative estimate of drug-likeness (QED) is 0.791. The number of ether oxygens (including phenoxy) is 1. The fourth-order valence-electron chi connectivity index (χ4n) is 2.04. The minimum Gasteiger partial charge on any atom is -0.485 e. The van der Waals surface area contributed by atoms with Gasteiger partial charge >= 0.3 is 0 Å². The Morgan fingerprint density at radius 2 is 1.67 bits per heavy atom. The van der Waals surface area contributed by atoms with Crippen molar-refractivity contribution in [2.75, 3.05) is 6.61 Å². The van der Waals surface area contributed by atoms with Crippen LogP contribution in [0.15, 0.2) is 30.3 Å². The lowest BCUT2D eigenvalue weighted by atomic mass is 10.1. The average molecular weight is 290 g/mol. The maximum absolute atomic E-state index is 13.1. The number of hydrogen-bond donors (Lipinski definition) is 0. The van der Waals surface area contributed by atoms with Gasteiger partial charge in [0.1, 0.15) is 5.75 Å². The van der Waals surface area contributed by atoms with Crippen LogP contribution in [0.5, 0.6) is 5.75 Å². The molecule has 110 valence electrons. The highest BCUT2D eigenvalue weighted by Gasteiger charge is 2.13. The topological polar surface area (TPSA) is 26.3 Å². The van der Waals surface area contributed by atoms with Crippen LogP contribution in [-0.4, -0.2) is 12.4 Å². The number of ketones is 1. The molecule has 0 fully saturated rings. The van der Waals surface area contributed by atoms with Gasteiger partial charge in [-0.1, -0.05) is 12.1 Å². The summed E-state index contributed by atoms with van der Waals surface area (Å²) in [5, 5.41) is 0. The van der Waals surface area contributed by atoms with Crippen LogP contribution < -0.4 is 4.74 Å². The minimum absolute atomic E-state index is 0.0943. The zero-order valence-corrected chi connectivity index (χ0v) is 12.2. The highest BCUT2D eigenvalue weighted by molar-refractivity contribution is 5.97. The Hall–Kier alpha value is -2.23. The molecule has 0 bridgehead atoms. The molecule has 0 amide bonds. The SMILES string of the molecule is Cc1ccc(C)c(OCC(=O)c2ccc(F)c(F)c2)c1C. The molecule has 0 radical (unpaired) electrons. The largest absolute Gasteiger partial charge is 0.485 e. The molecule has 0 aliphatic carbocycles. The first-order valence-corrected chi connectivity index (χ1v) is 6.58. The van der Waals surface area contributed by atoms with Gasteiger partial charge in [0.25, 0.3) is 0 Å². The molecule has 2 aromatic rings. The van der Waals surface area contributed by atoms with E-state index in [1.807, 2.05) is 32.9 Å². The first-order valence-electron chi connectivity index (χ1n) is 6.58. The van der Waals surface area contributed by atoms with Gasteiger partial charge in [-0.3, -0.25) is 4.79 Å². The van der Waals surface area contributed by atoms with Crippen LogP contribution in [0.4, 0.5) is 8.78 Å². The van der Waals surface area contributed by atoms with E-state index in [9.17, 15) is 13.6 Å². The molecule has 21 heavy (non-hydrogen) atoms. The van der Waals surface area contributed by atoms with E-state index in [0.717, 1.165) is 28.8 Å². The van der Waals surface area contributed by atoms with E-state index in [0.29, 0.717) is 5.75 Å². The van der Waals surface area contributed by atoms with Gasteiger partial charge in [-0.15, -0.1) is 0 Å². The number of benzene rings is 2. The fraction of sp³-hybridized carbons (Fsp3) is 0.235. The summed E-state index contributed by atoms with van der Waals surface area (Å²) in [6.45, 7) is 5.55. The number of carbonyl (C=O) groups excluding carboxylic acids is 1. The third kappa shape index (κ3) is 3.27. The van der Waals surface area contributed by atoms with Crippen LogP contribution in [0.2, 0.25) is 0 Å². The van der Waals surface area contributed by atoms with E-state index in [-0.39, 0.29) is 12.2 Å². The molecule has 0 aliphatic rings. The normalized spacial score (nSPS) is 10.5. The van der Waals surface area contributed by atoms with Gasteiger partial charge in [0.2, 0.25) is 0 Å².